The van der Waals surface area contributed by atoms with E-state index in [0.717, 1.165) is 6.92 Å². The van der Waals surface area contributed by atoms with Crippen molar-refractivity contribution in [3.8, 4) is 5.82 Å². The SMILES string of the molecule is CCOC(=O)c1nc(-n2ncc(C(F)(F)F)c(C)c2=O)c(F)cc1Cl. The fraction of sp³-hybridized carbons (Fsp3) is 0.286. The molecule has 0 aliphatic heterocycles. The molecule has 25 heavy (non-hydrogen) atoms. The molecule has 134 valence electrons. The molecule has 0 saturated heterocycles. The number of esters is 1. The summed E-state index contributed by atoms with van der Waals surface area (Å²) < 4.78 is 57.5. The molecular formula is C14H10ClF4N3O3. The zero-order chi connectivity index (χ0) is 18.9. The van der Waals surface area contributed by atoms with Crippen LogP contribution in [0.5, 0.6) is 0 Å². The third-order valence-electron chi connectivity index (χ3n) is 3.11. The second kappa shape index (κ2) is 6.79. The molecule has 0 amide bonds. The van der Waals surface area contributed by atoms with Crippen LogP contribution >= 0.6 is 11.6 Å². The molecule has 2 aromatic heterocycles. The minimum Gasteiger partial charge on any atom is -0.461 e. The van der Waals surface area contributed by atoms with Crippen LogP contribution in [0.2, 0.25) is 5.02 Å². The molecule has 0 spiro atoms. The first-order valence-electron chi connectivity index (χ1n) is 6.77. The quantitative estimate of drug-likeness (QED) is 0.605. The predicted octanol–water partition coefficient (Wildman–Crippen LogP) is 2.92. The topological polar surface area (TPSA) is 74.1 Å². The van der Waals surface area contributed by atoms with E-state index >= 15 is 0 Å². The lowest BCUT2D eigenvalue weighted by atomic mass is 10.2. The van der Waals surface area contributed by atoms with E-state index in [1.54, 1.807) is 0 Å². The highest BCUT2D eigenvalue weighted by Gasteiger charge is 2.34. The van der Waals surface area contributed by atoms with Gasteiger partial charge in [0.25, 0.3) is 5.56 Å². The summed E-state index contributed by atoms with van der Waals surface area (Å²) in [6.45, 7) is 2.42. The molecule has 0 atom stereocenters. The van der Waals surface area contributed by atoms with Gasteiger partial charge in [0, 0.05) is 5.56 Å². The molecule has 0 aliphatic rings. The Morgan fingerprint density at radius 1 is 1.40 bits per heavy atom. The van der Waals surface area contributed by atoms with Crippen LogP contribution in [0.1, 0.15) is 28.5 Å². The van der Waals surface area contributed by atoms with Gasteiger partial charge in [-0.25, -0.2) is 14.2 Å². The van der Waals surface area contributed by atoms with Crippen LogP contribution in [0.3, 0.4) is 0 Å². The maximum absolute atomic E-state index is 14.1. The number of pyridine rings is 1. The van der Waals surface area contributed by atoms with Gasteiger partial charge in [-0.2, -0.15) is 23.0 Å². The highest BCUT2D eigenvalue weighted by Crippen LogP contribution is 2.30. The van der Waals surface area contributed by atoms with Gasteiger partial charge in [0.05, 0.1) is 23.4 Å². The van der Waals surface area contributed by atoms with E-state index in [1.165, 1.54) is 6.92 Å². The summed E-state index contributed by atoms with van der Waals surface area (Å²) in [5, 5.41) is 2.92. The molecule has 11 heteroatoms. The molecule has 0 saturated carbocycles. The average molecular weight is 380 g/mol. The first kappa shape index (κ1) is 18.8. The van der Waals surface area contributed by atoms with E-state index in [2.05, 4.69) is 10.1 Å². The van der Waals surface area contributed by atoms with Crippen molar-refractivity contribution in [1.29, 1.82) is 0 Å². The first-order valence-corrected chi connectivity index (χ1v) is 7.15. The molecule has 0 fully saturated rings. The highest BCUT2D eigenvalue weighted by atomic mass is 35.5. The smallest absolute Gasteiger partial charge is 0.418 e. The lowest BCUT2D eigenvalue weighted by molar-refractivity contribution is -0.138. The Hall–Kier alpha value is -2.49. The van der Waals surface area contributed by atoms with Gasteiger partial charge in [0.2, 0.25) is 0 Å². The second-order valence-electron chi connectivity index (χ2n) is 4.74. The van der Waals surface area contributed by atoms with E-state index in [4.69, 9.17) is 16.3 Å². The van der Waals surface area contributed by atoms with Gasteiger partial charge in [-0.15, -0.1) is 0 Å². The maximum Gasteiger partial charge on any atom is 0.418 e. The van der Waals surface area contributed by atoms with Crippen molar-refractivity contribution in [2.75, 3.05) is 6.61 Å². The Kier molecular flexibility index (Phi) is 5.12. The lowest BCUT2D eigenvalue weighted by Gasteiger charge is -2.12. The van der Waals surface area contributed by atoms with Crippen LogP contribution in [0, 0.1) is 12.7 Å². The summed E-state index contributed by atoms with van der Waals surface area (Å²) in [6.07, 6.45) is -4.42. The van der Waals surface area contributed by atoms with Crippen LogP contribution < -0.4 is 5.56 Å². The van der Waals surface area contributed by atoms with Gasteiger partial charge in [0.15, 0.2) is 17.3 Å². The molecular weight excluding hydrogens is 370 g/mol. The maximum atomic E-state index is 14.1. The fourth-order valence-electron chi connectivity index (χ4n) is 1.92. The van der Waals surface area contributed by atoms with Gasteiger partial charge in [-0.05, 0) is 19.9 Å². The van der Waals surface area contributed by atoms with E-state index in [1.807, 2.05) is 0 Å². The van der Waals surface area contributed by atoms with Crippen molar-refractivity contribution >= 4 is 17.6 Å². The molecule has 2 aromatic rings. The number of ether oxygens (including phenoxy) is 1. The van der Waals surface area contributed by atoms with E-state index in [9.17, 15) is 27.2 Å². The highest BCUT2D eigenvalue weighted by molar-refractivity contribution is 6.33. The van der Waals surface area contributed by atoms with E-state index in [-0.39, 0.29) is 11.6 Å². The number of rotatable bonds is 3. The largest absolute Gasteiger partial charge is 0.461 e. The van der Waals surface area contributed by atoms with Crippen LogP contribution in [0.15, 0.2) is 17.1 Å². The third-order valence-corrected chi connectivity index (χ3v) is 3.39. The van der Waals surface area contributed by atoms with Crippen LogP contribution in [0.25, 0.3) is 5.82 Å². The lowest BCUT2D eigenvalue weighted by Crippen LogP contribution is -2.29. The zero-order valence-electron chi connectivity index (χ0n) is 12.8. The van der Waals surface area contributed by atoms with E-state index < -0.39 is 46.2 Å². The van der Waals surface area contributed by atoms with Gasteiger partial charge in [-0.1, -0.05) is 11.6 Å². The van der Waals surface area contributed by atoms with Gasteiger partial charge in [-0.3, -0.25) is 4.79 Å². The number of carbonyl (C=O) groups is 1. The summed E-state index contributed by atoms with van der Waals surface area (Å²) in [5.41, 5.74) is -3.69. The Balaban J connectivity index is 2.67. The van der Waals surface area contributed by atoms with Crippen molar-refractivity contribution in [3.63, 3.8) is 0 Å². The van der Waals surface area contributed by atoms with Crippen molar-refractivity contribution in [1.82, 2.24) is 14.8 Å². The summed E-state index contributed by atoms with van der Waals surface area (Å²) in [7, 11) is 0. The average Bonchev–Trinajstić information content (AvgIpc) is 2.49. The monoisotopic (exact) mass is 379 g/mol. The molecule has 0 aromatic carbocycles. The third kappa shape index (κ3) is 3.63. The van der Waals surface area contributed by atoms with Crippen molar-refractivity contribution in [2.24, 2.45) is 0 Å². The minimum absolute atomic E-state index is 0.0128. The van der Waals surface area contributed by atoms with Gasteiger partial charge < -0.3 is 4.74 Å². The molecule has 2 heterocycles. The van der Waals surface area contributed by atoms with Crippen LogP contribution in [0.4, 0.5) is 17.6 Å². The predicted molar refractivity (Wildman–Crippen MR) is 78.3 cm³/mol. The fourth-order valence-corrected chi connectivity index (χ4v) is 2.14. The second-order valence-corrected chi connectivity index (χ2v) is 5.15. The normalized spacial score (nSPS) is 11.5. The molecule has 2 rings (SSSR count). The standard InChI is InChI=1S/C14H10ClF4N3O3/c1-3-25-13(24)10-8(15)4-9(16)11(21-10)22-12(23)6(2)7(5-20-22)14(17,18)19/h4-5H,3H2,1-2H3. The minimum atomic E-state index is -4.79. The number of hydrogen-bond acceptors (Lipinski definition) is 5. The van der Waals surface area contributed by atoms with E-state index in [0.29, 0.717) is 16.9 Å². The van der Waals surface area contributed by atoms with Crippen molar-refractivity contribution < 1.29 is 27.1 Å². The number of carbonyl (C=O) groups excluding carboxylic acids is 1. The molecule has 0 N–H and O–H groups in total. The summed E-state index contributed by atoms with van der Waals surface area (Å²) in [6, 6.07) is 0.692. The number of nitrogens with zero attached hydrogens (tertiary/aromatic N) is 3. The molecule has 0 aliphatic carbocycles. The number of halogens is 5. The van der Waals surface area contributed by atoms with Crippen LogP contribution in [-0.4, -0.2) is 27.3 Å². The first-order chi connectivity index (χ1) is 11.6. The Bertz CT molecular complexity index is 896. The van der Waals surface area contributed by atoms with Crippen molar-refractivity contribution in [3.05, 3.63) is 50.3 Å². The Labute approximate surface area is 143 Å². The molecule has 0 radical (unpaired) electrons. The summed E-state index contributed by atoms with van der Waals surface area (Å²) in [4.78, 5) is 27.5. The zero-order valence-corrected chi connectivity index (χ0v) is 13.6. The number of hydrogen-bond donors (Lipinski definition) is 0. The summed E-state index contributed by atoms with van der Waals surface area (Å²) >= 11 is 5.72. The van der Waals surface area contributed by atoms with Crippen molar-refractivity contribution in [2.45, 2.75) is 20.0 Å². The van der Waals surface area contributed by atoms with Crippen LogP contribution in [-0.2, 0) is 10.9 Å². The molecule has 6 nitrogen and oxygen atoms in total. The molecule has 0 unspecified atom stereocenters. The summed E-state index contributed by atoms with van der Waals surface area (Å²) in [5.74, 6) is -2.90. The Morgan fingerprint density at radius 2 is 2.04 bits per heavy atom. The number of alkyl halides is 3. The van der Waals surface area contributed by atoms with Gasteiger partial charge in [0.1, 0.15) is 0 Å². The Morgan fingerprint density at radius 3 is 2.60 bits per heavy atom. The number of aromatic nitrogens is 3. The van der Waals surface area contributed by atoms with Gasteiger partial charge >= 0.3 is 12.1 Å². The molecule has 0 bridgehead atoms.